The Kier molecular flexibility index (Phi) is 4.96. The number of imide groups is 1. The minimum atomic E-state index is -0.380. The maximum Gasteiger partial charge on any atom is 0.251 e. The Morgan fingerprint density at radius 2 is 1.50 bits per heavy atom. The van der Waals surface area contributed by atoms with E-state index in [4.69, 9.17) is 0 Å². The van der Waals surface area contributed by atoms with Gasteiger partial charge in [0, 0.05) is 37.4 Å². The number of nitrogens with zero attached hydrogens (tertiary/aromatic N) is 3. The lowest BCUT2D eigenvalue weighted by atomic mass is 10.1. The molecule has 0 aromatic heterocycles. The maximum atomic E-state index is 12.9. The molecule has 2 amide bonds. The van der Waals surface area contributed by atoms with Gasteiger partial charge in [0.05, 0.1) is 18.2 Å². The molecule has 2 heterocycles. The van der Waals surface area contributed by atoms with Crippen molar-refractivity contribution >= 4 is 29.0 Å². The fourth-order valence-corrected chi connectivity index (χ4v) is 3.95. The van der Waals surface area contributed by atoms with E-state index in [9.17, 15) is 14.4 Å². The molecule has 0 radical (unpaired) electrons. The number of piperazine rings is 1. The SMILES string of the molecule is CC(=O)c1ccc(N2CCN([C@H]3CC(=O)N(c4ccccc4)C3=O)CC2)cc1. The lowest BCUT2D eigenvalue weighted by molar-refractivity contribution is -0.123. The van der Waals surface area contributed by atoms with E-state index in [0.717, 1.165) is 31.9 Å². The van der Waals surface area contributed by atoms with Crippen LogP contribution in [0.2, 0.25) is 0 Å². The third-order valence-corrected chi connectivity index (χ3v) is 5.53. The highest BCUT2D eigenvalue weighted by Gasteiger charge is 2.43. The average molecular weight is 377 g/mol. The molecule has 2 fully saturated rings. The van der Waals surface area contributed by atoms with Gasteiger partial charge in [0.25, 0.3) is 5.91 Å². The molecule has 2 saturated heterocycles. The molecule has 6 heteroatoms. The summed E-state index contributed by atoms with van der Waals surface area (Å²) in [5.41, 5.74) is 2.42. The van der Waals surface area contributed by atoms with E-state index in [2.05, 4.69) is 9.80 Å². The number of Topliss-reactive ketones (excluding diaryl/α,β-unsaturated/α-hetero) is 1. The van der Waals surface area contributed by atoms with E-state index in [-0.39, 0.29) is 30.1 Å². The predicted octanol–water partition coefficient (Wildman–Crippen LogP) is 2.34. The first-order valence-electron chi connectivity index (χ1n) is 9.56. The van der Waals surface area contributed by atoms with Crippen LogP contribution in [-0.4, -0.2) is 54.7 Å². The van der Waals surface area contributed by atoms with Crippen molar-refractivity contribution in [2.45, 2.75) is 19.4 Å². The number of carbonyl (C=O) groups excluding carboxylic acids is 3. The van der Waals surface area contributed by atoms with Crippen LogP contribution in [-0.2, 0) is 9.59 Å². The number of benzene rings is 2. The normalized spacial score (nSPS) is 20.7. The Labute approximate surface area is 164 Å². The van der Waals surface area contributed by atoms with E-state index in [1.54, 1.807) is 19.1 Å². The highest BCUT2D eigenvalue weighted by Crippen LogP contribution is 2.27. The van der Waals surface area contributed by atoms with Crippen molar-refractivity contribution in [1.82, 2.24) is 4.90 Å². The summed E-state index contributed by atoms with van der Waals surface area (Å²) in [7, 11) is 0. The summed E-state index contributed by atoms with van der Waals surface area (Å²) in [5.74, 6) is -0.206. The van der Waals surface area contributed by atoms with Crippen molar-refractivity contribution < 1.29 is 14.4 Å². The Morgan fingerprint density at radius 3 is 2.11 bits per heavy atom. The summed E-state index contributed by atoms with van der Waals surface area (Å²) in [6.45, 7) is 4.57. The summed E-state index contributed by atoms with van der Waals surface area (Å²) in [6, 6.07) is 16.4. The number of amides is 2. The zero-order valence-corrected chi connectivity index (χ0v) is 15.9. The second-order valence-electron chi connectivity index (χ2n) is 7.25. The Hall–Kier alpha value is -2.99. The van der Waals surface area contributed by atoms with Crippen molar-refractivity contribution in [1.29, 1.82) is 0 Å². The molecule has 0 spiro atoms. The van der Waals surface area contributed by atoms with Crippen molar-refractivity contribution in [3.63, 3.8) is 0 Å². The van der Waals surface area contributed by atoms with Gasteiger partial charge in [-0.2, -0.15) is 0 Å². The van der Waals surface area contributed by atoms with Gasteiger partial charge in [0.1, 0.15) is 0 Å². The molecule has 4 rings (SSSR count). The summed E-state index contributed by atoms with van der Waals surface area (Å²) < 4.78 is 0. The van der Waals surface area contributed by atoms with Gasteiger partial charge in [-0.05, 0) is 43.3 Å². The van der Waals surface area contributed by atoms with Gasteiger partial charge in [-0.1, -0.05) is 18.2 Å². The average Bonchev–Trinajstić information content (AvgIpc) is 3.03. The Balaban J connectivity index is 1.40. The topological polar surface area (TPSA) is 60.9 Å². The Bertz CT molecular complexity index is 887. The third kappa shape index (κ3) is 3.43. The summed E-state index contributed by atoms with van der Waals surface area (Å²) >= 11 is 0. The van der Waals surface area contributed by atoms with Gasteiger partial charge in [-0.3, -0.25) is 19.3 Å². The van der Waals surface area contributed by atoms with Crippen LogP contribution < -0.4 is 9.80 Å². The second kappa shape index (κ2) is 7.56. The van der Waals surface area contributed by atoms with Crippen LogP contribution in [0.5, 0.6) is 0 Å². The van der Waals surface area contributed by atoms with Crippen molar-refractivity contribution in [2.75, 3.05) is 36.0 Å². The molecule has 2 aliphatic rings. The van der Waals surface area contributed by atoms with Crippen LogP contribution in [0.1, 0.15) is 23.7 Å². The molecule has 0 N–H and O–H groups in total. The molecule has 2 aromatic rings. The van der Waals surface area contributed by atoms with Crippen LogP contribution in [0.3, 0.4) is 0 Å². The molecule has 28 heavy (non-hydrogen) atoms. The summed E-state index contributed by atoms with van der Waals surface area (Å²) in [4.78, 5) is 42.4. The molecule has 6 nitrogen and oxygen atoms in total. The molecular weight excluding hydrogens is 354 g/mol. The number of rotatable bonds is 4. The number of carbonyl (C=O) groups is 3. The van der Waals surface area contributed by atoms with Crippen molar-refractivity contribution in [3.05, 3.63) is 60.2 Å². The van der Waals surface area contributed by atoms with E-state index in [1.165, 1.54) is 4.90 Å². The molecule has 0 aliphatic carbocycles. The van der Waals surface area contributed by atoms with Crippen molar-refractivity contribution in [2.24, 2.45) is 0 Å². The smallest absolute Gasteiger partial charge is 0.251 e. The van der Waals surface area contributed by atoms with E-state index in [0.29, 0.717) is 11.3 Å². The second-order valence-corrected chi connectivity index (χ2v) is 7.25. The molecule has 0 saturated carbocycles. The molecule has 144 valence electrons. The fourth-order valence-electron chi connectivity index (χ4n) is 3.95. The molecule has 2 aromatic carbocycles. The maximum absolute atomic E-state index is 12.9. The van der Waals surface area contributed by atoms with Gasteiger partial charge in [-0.25, -0.2) is 4.90 Å². The lowest BCUT2D eigenvalue weighted by Crippen LogP contribution is -2.52. The molecule has 2 aliphatic heterocycles. The number of hydrogen-bond acceptors (Lipinski definition) is 5. The number of hydrogen-bond donors (Lipinski definition) is 0. The van der Waals surface area contributed by atoms with Gasteiger partial charge < -0.3 is 4.90 Å². The monoisotopic (exact) mass is 377 g/mol. The van der Waals surface area contributed by atoms with Crippen LogP contribution in [0.25, 0.3) is 0 Å². The first-order chi connectivity index (χ1) is 13.5. The summed E-state index contributed by atoms with van der Waals surface area (Å²) in [6.07, 6.45) is 0.237. The van der Waals surface area contributed by atoms with Gasteiger partial charge >= 0.3 is 0 Å². The third-order valence-electron chi connectivity index (χ3n) is 5.53. The van der Waals surface area contributed by atoms with E-state index < -0.39 is 0 Å². The molecule has 0 bridgehead atoms. The first-order valence-corrected chi connectivity index (χ1v) is 9.56. The number of ketones is 1. The number of anilines is 2. The fraction of sp³-hybridized carbons (Fsp3) is 0.318. The molecule has 1 atom stereocenters. The predicted molar refractivity (Wildman–Crippen MR) is 108 cm³/mol. The first kappa shape index (κ1) is 18.4. The van der Waals surface area contributed by atoms with Gasteiger partial charge in [0.2, 0.25) is 5.91 Å². The van der Waals surface area contributed by atoms with Crippen LogP contribution >= 0.6 is 0 Å². The van der Waals surface area contributed by atoms with Crippen LogP contribution in [0.15, 0.2) is 54.6 Å². The standard InChI is InChI=1S/C22H23N3O3/c1-16(26)17-7-9-18(10-8-17)23-11-13-24(14-12-23)20-15-21(27)25(22(20)28)19-5-3-2-4-6-19/h2-10,20H,11-15H2,1H3/t20-/m0/s1. The van der Waals surface area contributed by atoms with Crippen LogP contribution in [0, 0.1) is 0 Å². The largest absolute Gasteiger partial charge is 0.369 e. The highest BCUT2D eigenvalue weighted by molar-refractivity contribution is 6.22. The Morgan fingerprint density at radius 1 is 0.857 bits per heavy atom. The lowest BCUT2D eigenvalue weighted by Gasteiger charge is -2.38. The minimum absolute atomic E-state index is 0.0590. The quantitative estimate of drug-likeness (QED) is 0.605. The zero-order valence-electron chi connectivity index (χ0n) is 15.9. The highest BCUT2D eigenvalue weighted by atomic mass is 16.2. The van der Waals surface area contributed by atoms with E-state index in [1.807, 2.05) is 42.5 Å². The molecule has 0 unspecified atom stereocenters. The van der Waals surface area contributed by atoms with E-state index >= 15 is 0 Å². The van der Waals surface area contributed by atoms with Crippen molar-refractivity contribution in [3.8, 4) is 0 Å². The minimum Gasteiger partial charge on any atom is -0.369 e. The zero-order chi connectivity index (χ0) is 19.7. The van der Waals surface area contributed by atoms with Gasteiger partial charge in [0.15, 0.2) is 5.78 Å². The van der Waals surface area contributed by atoms with Crippen LogP contribution in [0.4, 0.5) is 11.4 Å². The number of para-hydroxylation sites is 1. The summed E-state index contributed by atoms with van der Waals surface area (Å²) in [5, 5.41) is 0. The molecular formula is C22H23N3O3. The van der Waals surface area contributed by atoms with Gasteiger partial charge in [-0.15, -0.1) is 0 Å².